The van der Waals surface area contributed by atoms with Gasteiger partial charge in [-0.05, 0) is 40.1 Å². The first-order chi connectivity index (χ1) is 15.4. The van der Waals surface area contributed by atoms with Crippen molar-refractivity contribution in [3.63, 3.8) is 0 Å². The molecule has 0 saturated heterocycles. The van der Waals surface area contributed by atoms with Crippen LogP contribution >= 0.6 is 0 Å². The third-order valence-corrected chi connectivity index (χ3v) is 4.79. The van der Waals surface area contributed by atoms with Crippen LogP contribution in [0.3, 0.4) is 0 Å². The van der Waals surface area contributed by atoms with Crippen molar-refractivity contribution in [1.82, 2.24) is 10.3 Å². The maximum absolute atomic E-state index is 4.46. The summed E-state index contributed by atoms with van der Waals surface area (Å²) in [5.41, 5.74) is 2.03. The highest BCUT2D eigenvalue weighted by Gasteiger charge is 1.95. The smallest absolute Gasteiger partial charge is 0.0636 e. The molecule has 2 heterocycles. The second kappa shape index (κ2) is 10.6. The molecule has 0 amide bonds. The topological polar surface area (TPSA) is 24.9 Å². The van der Waals surface area contributed by atoms with Crippen LogP contribution in [0.4, 0.5) is 0 Å². The predicted molar refractivity (Wildman–Crippen MR) is 133 cm³/mol. The Balaban J connectivity index is 1.24. The lowest BCUT2D eigenvalue weighted by molar-refractivity contribution is 1.17. The summed E-state index contributed by atoms with van der Waals surface area (Å²) in [7, 11) is 0. The van der Waals surface area contributed by atoms with Gasteiger partial charge in [-0.15, -0.1) is 0 Å². The Morgan fingerprint density at radius 1 is 0.645 bits per heavy atom. The van der Waals surface area contributed by atoms with Crippen LogP contribution in [0, 0.1) is 0 Å². The number of nitrogens with zero attached hydrogens (tertiary/aromatic N) is 1. The highest BCUT2D eigenvalue weighted by Crippen LogP contribution is 2.13. The molecule has 0 unspecified atom stereocenters. The van der Waals surface area contributed by atoms with Crippen LogP contribution in [0.25, 0.3) is 29.1 Å². The Hall–Kier alpha value is -4.17. The Kier molecular flexibility index (Phi) is 6.85. The van der Waals surface area contributed by atoms with Crippen molar-refractivity contribution in [2.24, 2.45) is 0 Å². The molecule has 3 aromatic rings. The van der Waals surface area contributed by atoms with Gasteiger partial charge in [-0.3, -0.25) is 4.98 Å². The van der Waals surface area contributed by atoms with Crippen LogP contribution in [0.15, 0.2) is 127 Å². The van der Waals surface area contributed by atoms with E-state index in [0.29, 0.717) is 0 Å². The monoisotopic (exact) mass is 400 g/mol. The Morgan fingerprint density at radius 3 is 2.10 bits per heavy atom. The van der Waals surface area contributed by atoms with Gasteiger partial charge < -0.3 is 5.32 Å². The molecule has 1 N–H and O–H groups in total. The van der Waals surface area contributed by atoms with Crippen LogP contribution in [0.1, 0.15) is 5.69 Å². The van der Waals surface area contributed by atoms with Gasteiger partial charge in [0.1, 0.15) is 0 Å². The SMILES string of the molecule is C(=CC=CC=Cc1cc2ccccc2cn1)C=CC=CC=C1C=c2ccccc2=CN1. The number of aromatic nitrogens is 1. The fraction of sp³-hybridized carbons (Fsp3) is 0. The second-order valence-electron chi connectivity index (χ2n) is 7.04. The number of pyridine rings is 1. The maximum Gasteiger partial charge on any atom is 0.0636 e. The van der Waals surface area contributed by atoms with E-state index in [0.717, 1.165) is 16.8 Å². The zero-order valence-electron chi connectivity index (χ0n) is 17.2. The third kappa shape index (κ3) is 5.91. The zero-order valence-corrected chi connectivity index (χ0v) is 17.2. The van der Waals surface area contributed by atoms with Gasteiger partial charge in [-0.2, -0.15) is 0 Å². The van der Waals surface area contributed by atoms with Gasteiger partial charge in [-0.25, -0.2) is 0 Å². The van der Waals surface area contributed by atoms with Crippen molar-refractivity contribution >= 4 is 29.1 Å². The second-order valence-corrected chi connectivity index (χ2v) is 7.04. The van der Waals surface area contributed by atoms with Crippen LogP contribution in [-0.4, -0.2) is 4.98 Å². The van der Waals surface area contributed by atoms with Gasteiger partial charge in [-0.1, -0.05) is 103 Å². The van der Waals surface area contributed by atoms with Crippen molar-refractivity contribution in [1.29, 1.82) is 0 Å². The number of nitrogens with one attached hydrogen (secondary N) is 1. The molecule has 150 valence electrons. The standard InChI is InChI=1S/C29H24N2/c1(2-4-6-8-18-28-20-24-14-10-12-16-26(24)22-30-28)3-5-7-9-19-29-21-25-15-11-13-17-27(25)23-31-29/h1-23,30H. The molecule has 0 atom stereocenters. The average molecular weight is 401 g/mol. The minimum atomic E-state index is 0.956. The first-order valence-electron chi connectivity index (χ1n) is 10.3. The van der Waals surface area contributed by atoms with Gasteiger partial charge >= 0.3 is 0 Å². The summed E-state index contributed by atoms with van der Waals surface area (Å²) in [6, 6.07) is 18.7. The number of hydrogen-bond acceptors (Lipinski definition) is 2. The van der Waals surface area contributed by atoms with Crippen LogP contribution in [0.2, 0.25) is 0 Å². The predicted octanol–water partition coefficient (Wildman–Crippen LogP) is 5.18. The number of rotatable bonds is 6. The lowest BCUT2D eigenvalue weighted by Crippen LogP contribution is -2.31. The molecule has 0 spiro atoms. The van der Waals surface area contributed by atoms with E-state index in [4.69, 9.17) is 0 Å². The molecule has 2 nitrogen and oxygen atoms in total. The summed E-state index contributed by atoms with van der Waals surface area (Å²) < 4.78 is 0. The molecule has 0 fully saturated rings. The lowest BCUT2D eigenvalue weighted by Gasteiger charge is -2.06. The Labute approximate surface area is 183 Å². The molecule has 1 aromatic heterocycles. The van der Waals surface area contributed by atoms with E-state index in [1.807, 2.05) is 91.4 Å². The number of hydrogen-bond donors (Lipinski definition) is 1. The van der Waals surface area contributed by atoms with Crippen molar-refractivity contribution < 1.29 is 0 Å². The molecule has 1 aliphatic rings. The highest BCUT2D eigenvalue weighted by atomic mass is 14.8. The van der Waals surface area contributed by atoms with Crippen molar-refractivity contribution in [2.75, 3.05) is 0 Å². The quantitative estimate of drug-likeness (QED) is 0.577. The van der Waals surface area contributed by atoms with Gasteiger partial charge in [0.2, 0.25) is 0 Å². The molecule has 0 bridgehead atoms. The minimum absolute atomic E-state index is 0.956. The molecular weight excluding hydrogens is 376 g/mol. The van der Waals surface area contributed by atoms with E-state index in [1.54, 1.807) is 0 Å². The molecule has 2 aromatic carbocycles. The average Bonchev–Trinajstić information content (AvgIpc) is 2.82. The van der Waals surface area contributed by atoms with Crippen LogP contribution < -0.4 is 15.8 Å². The summed E-state index contributed by atoms with van der Waals surface area (Å²) in [4.78, 5) is 4.46. The van der Waals surface area contributed by atoms with Crippen molar-refractivity contribution in [3.05, 3.63) is 143 Å². The summed E-state index contributed by atoms with van der Waals surface area (Å²) in [5.74, 6) is 0. The van der Waals surface area contributed by atoms with Crippen LogP contribution in [0.5, 0.6) is 0 Å². The van der Waals surface area contributed by atoms with E-state index in [1.165, 1.54) is 15.8 Å². The summed E-state index contributed by atoms with van der Waals surface area (Å²) in [6.45, 7) is 0. The van der Waals surface area contributed by atoms with Crippen molar-refractivity contribution in [2.45, 2.75) is 0 Å². The summed E-state index contributed by atoms with van der Waals surface area (Å²) >= 11 is 0. The Bertz CT molecular complexity index is 1350. The largest absolute Gasteiger partial charge is 0.361 e. The lowest BCUT2D eigenvalue weighted by atomic mass is 10.1. The molecule has 0 aliphatic carbocycles. The number of allylic oxidation sites excluding steroid dienone is 11. The molecule has 0 saturated carbocycles. The molecule has 31 heavy (non-hydrogen) atoms. The van der Waals surface area contributed by atoms with E-state index >= 15 is 0 Å². The van der Waals surface area contributed by atoms with Gasteiger partial charge in [0.25, 0.3) is 0 Å². The molecule has 4 rings (SSSR count). The fourth-order valence-electron chi connectivity index (χ4n) is 3.19. The number of benzene rings is 2. The van der Waals surface area contributed by atoms with Gasteiger partial charge in [0.05, 0.1) is 5.69 Å². The first-order valence-corrected chi connectivity index (χ1v) is 10.3. The van der Waals surface area contributed by atoms with E-state index in [2.05, 4.69) is 58.9 Å². The molecule has 1 aliphatic heterocycles. The summed E-state index contributed by atoms with van der Waals surface area (Å²) in [6.07, 6.45) is 28.2. The molecule has 0 radical (unpaired) electrons. The van der Waals surface area contributed by atoms with Gasteiger partial charge in [0.15, 0.2) is 0 Å². The summed E-state index contributed by atoms with van der Waals surface area (Å²) in [5, 5.41) is 8.11. The third-order valence-electron chi connectivity index (χ3n) is 4.79. The number of fused-ring (bicyclic) bond motifs is 2. The van der Waals surface area contributed by atoms with Crippen molar-refractivity contribution in [3.8, 4) is 0 Å². The van der Waals surface area contributed by atoms with E-state index < -0.39 is 0 Å². The van der Waals surface area contributed by atoms with E-state index in [9.17, 15) is 0 Å². The molecular formula is C29H24N2. The highest BCUT2D eigenvalue weighted by molar-refractivity contribution is 5.83. The maximum atomic E-state index is 4.46. The zero-order chi connectivity index (χ0) is 21.1. The normalized spacial score (nSPS) is 15.3. The van der Waals surface area contributed by atoms with Gasteiger partial charge in [0, 0.05) is 23.5 Å². The minimum Gasteiger partial charge on any atom is -0.361 e. The fourth-order valence-corrected chi connectivity index (χ4v) is 3.19. The Morgan fingerprint density at radius 2 is 1.29 bits per heavy atom. The first kappa shape index (κ1) is 20.1. The van der Waals surface area contributed by atoms with E-state index in [-0.39, 0.29) is 0 Å². The van der Waals surface area contributed by atoms with Crippen LogP contribution in [-0.2, 0) is 0 Å². The molecule has 2 heteroatoms.